The fourth-order valence-electron chi connectivity index (χ4n) is 2.52. The second-order valence-corrected chi connectivity index (χ2v) is 5.54. The predicted octanol–water partition coefficient (Wildman–Crippen LogP) is 4.12. The van der Waals surface area contributed by atoms with Gasteiger partial charge in [0.05, 0.1) is 0 Å². The molecule has 0 N–H and O–H groups in total. The zero-order valence-corrected chi connectivity index (χ0v) is 11.2. The molecule has 2 aromatic rings. The van der Waals surface area contributed by atoms with Crippen LogP contribution in [0.1, 0.15) is 34.8 Å². The Morgan fingerprint density at radius 1 is 1.00 bits per heavy atom. The first-order valence-electron chi connectivity index (χ1n) is 6.91. The largest absolute Gasteiger partial charge is 0.294 e. The number of Topliss-reactive ketones (excluding diaryl/α,β-unsaturated/α-hetero) is 1. The van der Waals surface area contributed by atoms with Gasteiger partial charge >= 0.3 is 0 Å². The first kappa shape index (κ1) is 12.2. The van der Waals surface area contributed by atoms with Crippen molar-refractivity contribution >= 4 is 5.78 Å². The van der Waals surface area contributed by atoms with Gasteiger partial charge in [0, 0.05) is 11.5 Å². The average molecular weight is 250 g/mol. The standard InChI is InChI=1S/C18H18O/c1-13-11-17(13)18(19)16-9-7-15(8-10-16)12-14-5-3-2-4-6-14/h2-10,13,17H,11-12H2,1H3. The molecule has 1 aliphatic rings. The van der Waals surface area contributed by atoms with Crippen LogP contribution in [0, 0.1) is 11.8 Å². The topological polar surface area (TPSA) is 17.1 Å². The van der Waals surface area contributed by atoms with Gasteiger partial charge in [0.15, 0.2) is 5.78 Å². The molecule has 2 atom stereocenters. The Hall–Kier alpha value is -1.89. The molecule has 2 unspecified atom stereocenters. The van der Waals surface area contributed by atoms with Gasteiger partial charge in [-0.15, -0.1) is 0 Å². The van der Waals surface area contributed by atoms with Crippen LogP contribution in [0.3, 0.4) is 0 Å². The van der Waals surface area contributed by atoms with Gasteiger partial charge in [0.1, 0.15) is 0 Å². The first-order chi connectivity index (χ1) is 9.24. The van der Waals surface area contributed by atoms with E-state index in [4.69, 9.17) is 0 Å². The monoisotopic (exact) mass is 250 g/mol. The smallest absolute Gasteiger partial charge is 0.166 e. The van der Waals surface area contributed by atoms with E-state index in [1.807, 2.05) is 18.2 Å². The molecule has 0 amide bonds. The molecule has 0 aromatic heterocycles. The highest BCUT2D eigenvalue weighted by atomic mass is 16.1. The predicted molar refractivity (Wildman–Crippen MR) is 77.3 cm³/mol. The molecule has 1 saturated carbocycles. The maximum Gasteiger partial charge on any atom is 0.166 e. The molecule has 1 fully saturated rings. The lowest BCUT2D eigenvalue weighted by molar-refractivity contribution is 0.0962. The van der Waals surface area contributed by atoms with Crippen LogP contribution in [0.2, 0.25) is 0 Å². The Bertz CT molecular complexity index is 568. The number of ketones is 1. The fraction of sp³-hybridized carbons (Fsp3) is 0.278. The quantitative estimate of drug-likeness (QED) is 0.746. The molecule has 1 aliphatic carbocycles. The molecule has 1 nitrogen and oxygen atoms in total. The summed E-state index contributed by atoms with van der Waals surface area (Å²) in [4.78, 5) is 12.1. The van der Waals surface area contributed by atoms with Crippen molar-refractivity contribution in [3.05, 3.63) is 71.3 Å². The Labute approximate surface area is 114 Å². The Morgan fingerprint density at radius 3 is 2.16 bits per heavy atom. The first-order valence-corrected chi connectivity index (χ1v) is 6.91. The zero-order chi connectivity index (χ0) is 13.2. The summed E-state index contributed by atoms with van der Waals surface area (Å²) < 4.78 is 0. The summed E-state index contributed by atoms with van der Waals surface area (Å²) in [5.74, 6) is 1.18. The third-order valence-electron chi connectivity index (χ3n) is 3.94. The summed E-state index contributed by atoms with van der Waals surface area (Å²) in [6, 6.07) is 18.5. The maximum absolute atomic E-state index is 12.1. The molecule has 0 bridgehead atoms. The second kappa shape index (κ2) is 5.00. The van der Waals surface area contributed by atoms with Crippen molar-refractivity contribution in [2.75, 3.05) is 0 Å². The second-order valence-electron chi connectivity index (χ2n) is 5.54. The van der Waals surface area contributed by atoms with Crippen LogP contribution in [0.25, 0.3) is 0 Å². The lowest BCUT2D eigenvalue weighted by atomic mass is 10.0. The summed E-state index contributed by atoms with van der Waals surface area (Å²) in [6.45, 7) is 2.15. The number of rotatable bonds is 4. The van der Waals surface area contributed by atoms with E-state index in [9.17, 15) is 4.79 Å². The number of hydrogen-bond acceptors (Lipinski definition) is 1. The maximum atomic E-state index is 12.1. The minimum atomic E-state index is 0.278. The number of hydrogen-bond donors (Lipinski definition) is 0. The van der Waals surface area contributed by atoms with Gasteiger partial charge in [-0.2, -0.15) is 0 Å². The highest BCUT2D eigenvalue weighted by molar-refractivity contribution is 5.99. The van der Waals surface area contributed by atoms with Crippen LogP contribution in [0.5, 0.6) is 0 Å². The molecule has 0 saturated heterocycles. The molecular weight excluding hydrogens is 232 g/mol. The van der Waals surface area contributed by atoms with E-state index in [2.05, 4.69) is 43.3 Å². The Morgan fingerprint density at radius 2 is 1.58 bits per heavy atom. The van der Waals surface area contributed by atoms with E-state index >= 15 is 0 Å². The molecule has 3 rings (SSSR count). The van der Waals surface area contributed by atoms with Crippen molar-refractivity contribution in [2.24, 2.45) is 11.8 Å². The number of carbonyl (C=O) groups excluding carboxylic acids is 1. The summed E-state index contributed by atoms with van der Waals surface area (Å²) in [7, 11) is 0. The van der Waals surface area contributed by atoms with Gasteiger partial charge in [0.2, 0.25) is 0 Å². The molecule has 96 valence electrons. The third kappa shape index (κ3) is 2.76. The molecule has 0 heterocycles. The molecular formula is C18H18O. The molecule has 0 aliphatic heterocycles. The van der Waals surface area contributed by atoms with Crippen molar-refractivity contribution < 1.29 is 4.79 Å². The van der Waals surface area contributed by atoms with Crippen molar-refractivity contribution in [1.29, 1.82) is 0 Å². The zero-order valence-electron chi connectivity index (χ0n) is 11.2. The Balaban J connectivity index is 1.71. The normalized spacial score (nSPS) is 21.1. The lowest BCUT2D eigenvalue weighted by Gasteiger charge is -2.04. The summed E-state index contributed by atoms with van der Waals surface area (Å²) in [5.41, 5.74) is 3.43. The van der Waals surface area contributed by atoms with E-state index in [0.717, 1.165) is 18.4 Å². The van der Waals surface area contributed by atoms with Gasteiger partial charge in [-0.25, -0.2) is 0 Å². The highest BCUT2D eigenvalue weighted by Gasteiger charge is 2.39. The number of benzene rings is 2. The molecule has 19 heavy (non-hydrogen) atoms. The highest BCUT2D eigenvalue weighted by Crippen LogP contribution is 2.40. The van der Waals surface area contributed by atoms with Crippen molar-refractivity contribution in [3.8, 4) is 0 Å². The molecule has 2 aromatic carbocycles. The van der Waals surface area contributed by atoms with Crippen LogP contribution in [0.4, 0.5) is 0 Å². The van der Waals surface area contributed by atoms with E-state index in [1.54, 1.807) is 0 Å². The third-order valence-corrected chi connectivity index (χ3v) is 3.94. The minimum Gasteiger partial charge on any atom is -0.294 e. The minimum absolute atomic E-state index is 0.278. The van der Waals surface area contributed by atoms with Crippen LogP contribution < -0.4 is 0 Å². The van der Waals surface area contributed by atoms with Crippen molar-refractivity contribution in [3.63, 3.8) is 0 Å². The number of carbonyl (C=O) groups is 1. The van der Waals surface area contributed by atoms with Gasteiger partial charge in [-0.1, -0.05) is 61.5 Å². The summed E-state index contributed by atoms with van der Waals surface area (Å²) in [6.07, 6.45) is 1.99. The Kier molecular flexibility index (Phi) is 3.20. The van der Waals surface area contributed by atoms with E-state index in [-0.39, 0.29) is 5.92 Å². The van der Waals surface area contributed by atoms with Crippen LogP contribution in [-0.4, -0.2) is 5.78 Å². The van der Waals surface area contributed by atoms with Crippen LogP contribution in [-0.2, 0) is 6.42 Å². The fourth-order valence-corrected chi connectivity index (χ4v) is 2.52. The molecule has 0 spiro atoms. The van der Waals surface area contributed by atoms with Crippen molar-refractivity contribution in [1.82, 2.24) is 0 Å². The van der Waals surface area contributed by atoms with E-state index in [1.165, 1.54) is 11.1 Å². The van der Waals surface area contributed by atoms with Crippen LogP contribution >= 0.6 is 0 Å². The SMILES string of the molecule is CC1CC1C(=O)c1ccc(Cc2ccccc2)cc1. The van der Waals surface area contributed by atoms with Crippen LogP contribution in [0.15, 0.2) is 54.6 Å². The van der Waals surface area contributed by atoms with Gasteiger partial charge in [-0.3, -0.25) is 4.79 Å². The van der Waals surface area contributed by atoms with Gasteiger partial charge in [-0.05, 0) is 29.9 Å². The average Bonchev–Trinajstić information content (AvgIpc) is 3.17. The summed E-state index contributed by atoms with van der Waals surface area (Å²) >= 11 is 0. The summed E-state index contributed by atoms with van der Waals surface area (Å²) in [5, 5.41) is 0. The molecule has 0 radical (unpaired) electrons. The van der Waals surface area contributed by atoms with E-state index < -0.39 is 0 Å². The molecule has 1 heteroatoms. The van der Waals surface area contributed by atoms with Crippen molar-refractivity contribution in [2.45, 2.75) is 19.8 Å². The van der Waals surface area contributed by atoms with Gasteiger partial charge < -0.3 is 0 Å². The van der Waals surface area contributed by atoms with Gasteiger partial charge in [0.25, 0.3) is 0 Å². The van der Waals surface area contributed by atoms with E-state index in [0.29, 0.717) is 11.7 Å². The lowest BCUT2D eigenvalue weighted by Crippen LogP contribution is -2.02.